The molecule has 6 nitrogen and oxygen atoms in total. The normalized spacial score (nSPS) is 16.2. The van der Waals surface area contributed by atoms with E-state index in [1.807, 2.05) is 18.3 Å². The molecule has 22 heavy (non-hydrogen) atoms. The molecule has 0 saturated carbocycles. The molecule has 0 unspecified atom stereocenters. The maximum absolute atomic E-state index is 10.8. The van der Waals surface area contributed by atoms with Crippen LogP contribution in [0.5, 0.6) is 0 Å². The second-order valence-corrected chi connectivity index (χ2v) is 5.86. The van der Waals surface area contributed by atoms with Crippen LogP contribution in [0.25, 0.3) is 0 Å². The lowest BCUT2D eigenvalue weighted by atomic mass is 10.3. The summed E-state index contributed by atoms with van der Waals surface area (Å²) in [6, 6.07) is 10.3. The van der Waals surface area contributed by atoms with Crippen LogP contribution in [0.15, 0.2) is 53.8 Å². The second-order valence-electron chi connectivity index (χ2n) is 4.80. The van der Waals surface area contributed by atoms with Gasteiger partial charge in [-0.2, -0.15) is 0 Å². The first-order valence-electron chi connectivity index (χ1n) is 6.82. The predicted octanol–water partition coefficient (Wildman–Crippen LogP) is 3.23. The minimum atomic E-state index is -0.404. The van der Waals surface area contributed by atoms with E-state index in [0.29, 0.717) is 5.69 Å². The lowest BCUT2D eigenvalue weighted by Gasteiger charge is -2.17. The minimum Gasteiger partial charge on any atom is -0.346 e. The molecule has 0 atom stereocenters. The number of aromatic nitrogens is 1. The van der Waals surface area contributed by atoms with Gasteiger partial charge in [0.1, 0.15) is 0 Å². The molecule has 1 aromatic heterocycles. The van der Waals surface area contributed by atoms with Crippen molar-refractivity contribution in [1.29, 1.82) is 0 Å². The van der Waals surface area contributed by atoms with Crippen molar-refractivity contribution in [2.45, 2.75) is 6.54 Å². The number of aliphatic imine (C=N–C) groups is 1. The first-order chi connectivity index (χ1) is 10.7. The fourth-order valence-corrected chi connectivity index (χ4v) is 3.18. The molecule has 0 radical (unpaired) electrons. The first-order valence-corrected chi connectivity index (χ1v) is 7.81. The Balaban J connectivity index is 1.80. The van der Waals surface area contributed by atoms with E-state index in [2.05, 4.69) is 14.9 Å². The van der Waals surface area contributed by atoms with Gasteiger partial charge in [-0.15, -0.1) is 0 Å². The highest BCUT2D eigenvalue weighted by Gasteiger charge is 2.20. The van der Waals surface area contributed by atoms with Crippen molar-refractivity contribution in [2.75, 3.05) is 12.3 Å². The molecule has 1 aliphatic rings. The molecular formula is C15H14N4O2S. The molecule has 0 aliphatic carbocycles. The smallest absolute Gasteiger partial charge is 0.271 e. The van der Waals surface area contributed by atoms with Crippen molar-refractivity contribution in [2.24, 2.45) is 4.99 Å². The average molecular weight is 314 g/mol. The van der Waals surface area contributed by atoms with Gasteiger partial charge < -0.3 is 4.90 Å². The van der Waals surface area contributed by atoms with E-state index in [1.165, 1.54) is 12.1 Å². The highest BCUT2D eigenvalue weighted by Crippen LogP contribution is 2.26. The van der Waals surface area contributed by atoms with Crippen molar-refractivity contribution in [3.63, 3.8) is 0 Å². The van der Waals surface area contributed by atoms with Gasteiger partial charge in [-0.05, 0) is 17.7 Å². The van der Waals surface area contributed by atoms with E-state index >= 15 is 0 Å². The molecule has 0 N–H and O–H groups in total. The molecule has 7 heteroatoms. The number of pyridine rings is 1. The highest BCUT2D eigenvalue weighted by molar-refractivity contribution is 8.14. The number of hydrogen-bond donors (Lipinski definition) is 0. The first kappa shape index (κ1) is 14.5. The number of nitro benzene ring substituents is 1. The quantitative estimate of drug-likeness (QED) is 0.640. The van der Waals surface area contributed by atoms with E-state index in [-0.39, 0.29) is 5.69 Å². The third-order valence-electron chi connectivity index (χ3n) is 3.22. The minimum absolute atomic E-state index is 0.0589. The van der Waals surface area contributed by atoms with E-state index in [4.69, 9.17) is 0 Å². The zero-order chi connectivity index (χ0) is 15.4. The van der Waals surface area contributed by atoms with E-state index in [0.717, 1.165) is 29.6 Å². The number of thioether (sulfide) groups is 1. The van der Waals surface area contributed by atoms with Crippen LogP contribution in [0.4, 0.5) is 11.4 Å². The summed E-state index contributed by atoms with van der Waals surface area (Å²) in [7, 11) is 0. The summed E-state index contributed by atoms with van der Waals surface area (Å²) in [6.07, 6.45) is 3.59. The van der Waals surface area contributed by atoms with Crippen LogP contribution in [0.3, 0.4) is 0 Å². The van der Waals surface area contributed by atoms with Crippen LogP contribution in [0.1, 0.15) is 5.56 Å². The van der Waals surface area contributed by atoms with Crippen LogP contribution < -0.4 is 0 Å². The number of nitrogens with zero attached hydrogens (tertiary/aromatic N) is 4. The molecule has 0 bridgehead atoms. The van der Waals surface area contributed by atoms with Gasteiger partial charge in [0.2, 0.25) is 0 Å². The van der Waals surface area contributed by atoms with Crippen molar-refractivity contribution in [3.8, 4) is 0 Å². The lowest BCUT2D eigenvalue weighted by molar-refractivity contribution is -0.384. The number of amidine groups is 1. The number of hydrogen-bond acceptors (Lipinski definition) is 5. The van der Waals surface area contributed by atoms with Gasteiger partial charge in [-0.25, -0.2) is 4.99 Å². The van der Waals surface area contributed by atoms with Crippen molar-refractivity contribution in [3.05, 3.63) is 64.5 Å². The lowest BCUT2D eigenvalue weighted by Crippen LogP contribution is -2.23. The SMILES string of the molecule is O=[N+]([O-])c1cccc(N=C2SCCN2Cc2cccnc2)c1. The van der Waals surface area contributed by atoms with E-state index in [9.17, 15) is 10.1 Å². The molecule has 1 aromatic carbocycles. The van der Waals surface area contributed by atoms with E-state index < -0.39 is 4.92 Å². The number of non-ortho nitro benzene ring substituents is 1. The third kappa shape index (κ3) is 3.43. The van der Waals surface area contributed by atoms with Crippen molar-refractivity contribution < 1.29 is 4.92 Å². The average Bonchev–Trinajstić information content (AvgIpc) is 2.95. The monoisotopic (exact) mass is 314 g/mol. The molecule has 3 rings (SSSR count). The molecule has 1 fully saturated rings. The van der Waals surface area contributed by atoms with Crippen LogP contribution in [0.2, 0.25) is 0 Å². The van der Waals surface area contributed by atoms with Crippen LogP contribution in [-0.4, -0.2) is 32.3 Å². The molecular weight excluding hydrogens is 300 g/mol. The Labute approximate surface area is 132 Å². The van der Waals surface area contributed by atoms with Crippen molar-refractivity contribution in [1.82, 2.24) is 9.88 Å². The zero-order valence-corrected chi connectivity index (χ0v) is 12.6. The fourth-order valence-electron chi connectivity index (χ4n) is 2.18. The summed E-state index contributed by atoms with van der Waals surface area (Å²) < 4.78 is 0. The molecule has 2 aromatic rings. The van der Waals surface area contributed by atoms with Crippen LogP contribution in [0, 0.1) is 10.1 Å². The molecule has 0 spiro atoms. The zero-order valence-electron chi connectivity index (χ0n) is 11.8. The Morgan fingerprint density at radius 1 is 1.36 bits per heavy atom. The van der Waals surface area contributed by atoms with Gasteiger partial charge >= 0.3 is 0 Å². The Hall–Kier alpha value is -2.41. The van der Waals surface area contributed by atoms with Gasteiger partial charge in [0.15, 0.2) is 5.17 Å². The number of rotatable bonds is 4. The van der Waals surface area contributed by atoms with Gasteiger partial charge in [0.05, 0.1) is 10.6 Å². The van der Waals surface area contributed by atoms with Gasteiger partial charge in [0, 0.05) is 43.4 Å². The van der Waals surface area contributed by atoms with Crippen molar-refractivity contribution >= 4 is 28.3 Å². The van der Waals surface area contributed by atoms with Gasteiger partial charge in [0.25, 0.3) is 5.69 Å². The molecule has 112 valence electrons. The summed E-state index contributed by atoms with van der Waals surface area (Å²) in [6.45, 7) is 1.65. The number of benzene rings is 1. The van der Waals surface area contributed by atoms with Gasteiger partial charge in [-0.1, -0.05) is 23.9 Å². The Bertz CT molecular complexity index is 706. The predicted molar refractivity (Wildman–Crippen MR) is 87.3 cm³/mol. The van der Waals surface area contributed by atoms with Gasteiger partial charge in [-0.3, -0.25) is 15.1 Å². The molecule has 2 heterocycles. The Morgan fingerprint density at radius 3 is 3.05 bits per heavy atom. The number of nitro groups is 1. The van der Waals surface area contributed by atoms with Crippen LogP contribution >= 0.6 is 11.8 Å². The Kier molecular flexibility index (Phi) is 4.34. The second kappa shape index (κ2) is 6.57. The molecule has 1 aliphatic heterocycles. The summed E-state index contributed by atoms with van der Waals surface area (Å²) in [5.41, 5.74) is 1.79. The summed E-state index contributed by atoms with van der Waals surface area (Å²) in [5.74, 6) is 0.966. The summed E-state index contributed by atoms with van der Waals surface area (Å²) in [5, 5.41) is 11.7. The fraction of sp³-hybridized carbons (Fsp3) is 0.200. The summed E-state index contributed by atoms with van der Waals surface area (Å²) >= 11 is 1.66. The molecule has 1 saturated heterocycles. The largest absolute Gasteiger partial charge is 0.346 e. The maximum Gasteiger partial charge on any atom is 0.271 e. The highest BCUT2D eigenvalue weighted by atomic mass is 32.2. The standard InChI is InChI=1S/C15H14N4O2S/c20-19(21)14-5-1-4-13(9-14)17-15-18(7-8-22-15)11-12-3-2-6-16-10-12/h1-6,9-10H,7-8,11H2. The molecule has 0 amide bonds. The van der Waals surface area contributed by atoms with E-state index in [1.54, 1.807) is 30.1 Å². The maximum atomic E-state index is 10.8. The Morgan fingerprint density at radius 2 is 2.27 bits per heavy atom. The third-order valence-corrected chi connectivity index (χ3v) is 4.22. The van der Waals surface area contributed by atoms with Crippen LogP contribution in [-0.2, 0) is 6.54 Å². The topological polar surface area (TPSA) is 71.6 Å². The summed E-state index contributed by atoms with van der Waals surface area (Å²) in [4.78, 5) is 21.3.